The third kappa shape index (κ3) is 9.98. The molecule has 0 saturated heterocycles. The lowest BCUT2D eigenvalue weighted by Gasteiger charge is -2.07. The molecule has 0 bridgehead atoms. The maximum absolute atomic E-state index is 13.5. The summed E-state index contributed by atoms with van der Waals surface area (Å²) < 4.78 is 39.4. The molecule has 0 aliphatic carbocycles. The van der Waals surface area contributed by atoms with Crippen molar-refractivity contribution in [3.8, 4) is 0 Å². The van der Waals surface area contributed by atoms with E-state index in [1.807, 2.05) is 18.2 Å². The first kappa shape index (κ1) is 38.6. The number of hydrogen-bond acceptors (Lipinski definition) is 12. The van der Waals surface area contributed by atoms with Crippen LogP contribution in [0.4, 0.5) is 30.6 Å². The fourth-order valence-electron chi connectivity index (χ4n) is 5.32. The van der Waals surface area contributed by atoms with Crippen LogP contribution in [0.3, 0.4) is 0 Å². The minimum absolute atomic E-state index is 0.124. The molecule has 0 saturated carbocycles. The van der Waals surface area contributed by atoms with Crippen molar-refractivity contribution < 1.29 is 13.2 Å². The number of nitrogens with one attached hydrogen (secondary N) is 6. The van der Waals surface area contributed by atoms with Gasteiger partial charge in [-0.15, -0.1) is 0 Å². The van der Waals surface area contributed by atoms with Crippen LogP contribution in [0.15, 0.2) is 91.6 Å². The van der Waals surface area contributed by atoms with E-state index >= 15 is 0 Å². The fraction of sp³-hybridized carbons (Fsp3) is 0.0833. The van der Waals surface area contributed by atoms with Gasteiger partial charge in [-0.2, -0.15) is 23.7 Å². The van der Waals surface area contributed by atoms with Gasteiger partial charge < -0.3 is 30.9 Å². The van der Waals surface area contributed by atoms with E-state index in [-0.39, 0.29) is 28.2 Å². The number of rotatable bonds is 9. The van der Waals surface area contributed by atoms with E-state index in [1.165, 1.54) is 24.4 Å². The highest BCUT2D eigenvalue weighted by atomic mass is 35.5. The number of aromatic nitrogens is 12. The number of fused-ring (bicyclic) bond motifs is 3. The van der Waals surface area contributed by atoms with E-state index in [0.717, 1.165) is 21.7 Å². The van der Waals surface area contributed by atoms with Crippen LogP contribution in [-0.4, -0.2) is 59.8 Å². The molecule has 0 aliphatic rings. The highest BCUT2D eigenvalue weighted by Crippen LogP contribution is 2.24. The Kier molecular flexibility index (Phi) is 12.1. The van der Waals surface area contributed by atoms with Crippen molar-refractivity contribution in [1.29, 1.82) is 0 Å². The number of halogens is 6. The highest BCUT2D eigenvalue weighted by Gasteiger charge is 2.11. The Balaban J connectivity index is 0.000000131. The van der Waals surface area contributed by atoms with Crippen LogP contribution in [0.5, 0.6) is 0 Å². The molecule has 0 spiro atoms. The molecule has 57 heavy (non-hydrogen) atoms. The second-order valence-corrected chi connectivity index (χ2v) is 12.7. The number of H-pyrrole nitrogens is 3. The van der Waals surface area contributed by atoms with E-state index in [2.05, 4.69) is 75.8 Å². The van der Waals surface area contributed by atoms with E-state index in [4.69, 9.17) is 34.8 Å². The van der Waals surface area contributed by atoms with Gasteiger partial charge in [0.25, 0.3) is 0 Å². The summed E-state index contributed by atoms with van der Waals surface area (Å²) in [5, 5.41) is 12.1. The second kappa shape index (κ2) is 17.9. The summed E-state index contributed by atoms with van der Waals surface area (Å²) in [7, 11) is 0. The summed E-state index contributed by atoms with van der Waals surface area (Å²) in [6, 6.07) is 16.2. The molecule has 15 nitrogen and oxygen atoms in total. The summed E-state index contributed by atoms with van der Waals surface area (Å²) in [6.45, 7) is 0.999. The fourth-order valence-corrected chi connectivity index (χ4v) is 5.83. The predicted octanol–water partition coefficient (Wildman–Crippen LogP) is 8.27. The molecule has 0 amide bonds. The zero-order valence-corrected chi connectivity index (χ0v) is 31.3. The molecule has 9 rings (SSSR count). The van der Waals surface area contributed by atoms with E-state index in [0.29, 0.717) is 58.9 Å². The number of anilines is 3. The van der Waals surface area contributed by atoms with Crippen LogP contribution in [0, 0.1) is 17.7 Å². The minimum Gasteiger partial charge on any atom is -0.365 e. The molecule has 0 atom stereocenters. The number of aromatic amines is 3. The summed E-state index contributed by atoms with van der Waals surface area (Å²) in [6.07, 6.45) is 8.21. The van der Waals surface area contributed by atoms with Crippen molar-refractivity contribution in [3.05, 3.63) is 142 Å². The van der Waals surface area contributed by atoms with Crippen LogP contribution in [0.1, 0.15) is 17.0 Å². The Morgan fingerprint density at radius 1 is 0.509 bits per heavy atom. The highest BCUT2D eigenvalue weighted by molar-refractivity contribution is 6.29. The zero-order valence-electron chi connectivity index (χ0n) is 29.1. The van der Waals surface area contributed by atoms with Crippen molar-refractivity contribution in [2.24, 2.45) is 0 Å². The molecule has 9 heterocycles. The number of nitrogens with zero attached hydrogens (tertiary/aromatic N) is 9. The molecule has 9 aromatic rings. The van der Waals surface area contributed by atoms with Crippen molar-refractivity contribution >= 4 is 85.4 Å². The molecular weight excluding hydrogens is 806 g/mol. The van der Waals surface area contributed by atoms with Gasteiger partial charge in [-0.1, -0.05) is 6.07 Å². The lowest BCUT2D eigenvalue weighted by atomic mass is 10.2. The van der Waals surface area contributed by atoms with Crippen LogP contribution in [0.25, 0.3) is 33.1 Å². The SMILES string of the molecule is Fc1cc(CNc2nc(Cl)nc3[nH]ccc23)ccn1.Fc1cccc(CNc2nc(Cl)nc3[nH]ccc23)n1.Fc1cccnc1CNc1nc(Cl)nc2[nH]ccc12. The normalized spacial score (nSPS) is 10.8. The Labute approximate surface area is 335 Å². The van der Waals surface area contributed by atoms with E-state index < -0.39 is 11.9 Å². The minimum atomic E-state index is -0.508. The quantitative estimate of drug-likeness (QED) is 0.0602. The zero-order chi connectivity index (χ0) is 39.7. The first-order valence-corrected chi connectivity index (χ1v) is 17.9. The Morgan fingerprint density at radius 2 is 1.05 bits per heavy atom. The van der Waals surface area contributed by atoms with Crippen LogP contribution >= 0.6 is 34.8 Å². The number of pyridine rings is 3. The second-order valence-electron chi connectivity index (χ2n) is 11.7. The summed E-state index contributed by atoms with van der Waals surface area (Å²) in [4.78, 5) is 44.6. The number of hydrogen-bond donors (Lipinski definition) is 6. The Bertz CT molecular complexity index is 2650. The third-order valence-corrected chi connectivity index (χ3v) is 8.39. The summed E-state index contributed by atoms with van der Waals surface area (Å²) >= 11 is 17.5. The lowest BCUT2D eigenvalue weighted by molar-refractivity contribution is 0.577. The maximum atomic E-state index is 13.5. The van der Waals surface area contributed by atoms with Gasteiger partial charge in [0.1, 0.15) is 40.2 Å². The van der Waals surface area contributed by atoms with Crippen molar-refractivity contribution in [1.82, 2.24) is 59.8 Å². The monoisotopic (exact) mass is 831 g/mol. The summed E-state index contributed by atoms with van der Waals surface area (Å²) in [5.74, 6) is 0.358. The van der Waals surface area contributed by atoms with Crippen molar-refractivity contribution in [2.45, 2.75) is 19.6 Å². The van der Waals surface area contributed by atoms with Gasteiger partial charge in [-0.05, 0) is 95.0 Å². The van der Waals surface area contributed by atoms with E-state index in [9.17, 15) is 13.2 Å². The molecule has 0 unspecified atom stereocenters. The summed E-state index contributed by atoms with van der Waals surface area (Å²) in [5.41, 5.74) is 3.60. The average Bonchev–Trinajstić information content (AvgIpc) is 3.98. The molecule has 0 aromatic carbocycles. The van der Waals surface area contributed by atoms with Gasteiger partial charge in [0.2, 0.25) is 27.7 Å². The lowest BCUT2D eigenvalue weighted by Crippen LogP contribution is -2.06. The average molecular weight is 833 g/mol. The third-order valence-electron chi connectivity index (χ3n) is 7.88. The molecule has 9 aromatic heterocycles. The standard InChI is InChI=1S/3C12H9ClFN5/c13-12-18-10-8(2-4-16-10)11(19-12)17-6-7-1-3-15-9(14)5-7;13-12-18-10-7(3-5-16-10)11(19-12)17-6-9-8(14)2-1-4-15-9;13-12-18-10-8(4-5-15-10)11(19-12)16-6-7-2-1-3-9(14)17-7/h2*1-5H,6H2,(H2,16,17,18,19);1-5H,6H2,(H2,15,16,18,19). The molecule has 0 aliphatic heterocycles. The molecular formula is C36H27Cl3F3N15. The molecule has 0 fully saturated rings. The Morgan fingerprint density at radius 3 is 1.58 bits per heavy atom. The van der Waals surface area contributed by atoms with Gasteiger partial charge in [0, 0.05) is 37.5 Å². The van der Waals surface area contributed by atoms with Gasteiger partial charge in [-0.25, -0.2) is 29.3 Å². The maximum Gasteiger partial charge on any atom is 0.226 e. The molecule has 288 valence electrons. The van der Waals surface area contributed by atoms with Crippen LogP contribution < -0.4 is 16.0 Å². The van der Waals surface area contributed by atoms with Gasteiger partial charge >= 0.3 is 0 Å². The molecule has 21 heteroatoms. The molecule has 0 radical (unpaired) electrons. The molecule has 6 N–H and O–H groups in total. The predicted molar refractivity (Wildman–Crippen MR) is 211 cm³/mol. The first-order valence-electron chi connectivity index (χ1n) is 16.7. The van der Waals surface area contributed by atoms with Crippen molar-refractivity contribution in [2.75, 3.05) is 16.0 Å². The Hall–Kier alpha value is -6.63. The van der Waals surface area contributed by atoms with Crippen LogP contribution in [0.2, 0.25) is 15.9 Å². The van der Waals surface area contributed by atoms with E-state index in [1.54, 1.807) is 49.1 Å². The van der Waals surface area contributed by atoms with Crippen molar-refractivity contribution in [3.63, 3.8) is 0 Å². The topological polar surface area (TPSA) is 199 Å². The largest absolute Gasteiger partial charge is 0.365 e. The van der Waals surface area contributed by atoms with Gasteiger partial charge in [-0.3, -0.25) is 4.98 Å². The first-order chi connectivity index (χ1) is 27.7. The van der Waals surface area contributed by atoms with Gasteiger partial charge in [0.15, 0.2) is 0 Å². The van der Waals surface area contributed by atoms with Gasteiger partial charge in [0.05, 0.1) is 40.6 Å². The smallest absolute Gasteiger partial charge is 0.226 e. The van der Waals surface area contributed by atoms with Crippen LogP contribution in [-0.2, 0) is 19.6 Å².